The van der Waals surface area contributed by atoms with Crippen LogP contribution in [0, 0.1) is 0 Å². The lowest BCUT2D eigenvalue weighted by Gasteiger charge is -2.27. The predicted molar refractivity (Wildman–Crippen MR) is 64.7 cm³/mol. The second-order valence-electron chi connectivity index (χ2n) is 5.59. The van der Waals surface area contributed by atoms with Gasteiger partial charge in [0.1, 0.15) is 5.60 Å². The molecule has 0 saturated carbocycles. The van der Waals surface area contributed by atoms with E-state index in [0.717, 1.165) is 19.3 Å². The molecule has 0 unspecified atom stereocenters. The molecule has 2 fully saturated rings. The van der Waals surface area contributed by atoms with Crippen molar-refractivity contribution in [3.63, 3.8) is 0 Å². The fourth-order valence-electron chi connectivity index (χ4n) is 2.63. The van der Waals surface area contributed by atoms with E-state index in [4.69, 9.17) is 10.5 Å². The Morgan fingerprint density at radius 1 is 1.38 bits per heavy atom. The van der Waals surface area contributed by atoms with Crippen LogP contribution in [0.5, 0.6) is 0 Å². The van der Waals surface area contributed by atoms with Crippen LogP contribution >= 0.6 is 12.4 Å². The zero-order valence-electron chi connectivity index (χ0n) is 10.1. The monoisotopic (exact) mass is 248 g/mol. The summed E-state index contributed by atoms with van der Waals surface area (Å²) in [4.78, 5) is 13.8. The molecule has 0 aliphatic carbocycles. The first-order chi connectivity index (χ1) is 6.88. The average molecular weight is 249 g/mol. The second-order valence-corrected chi connectivity index (χ2v) is 5.59. The van der Waals surface area contributed by atoms with E-state index in [-0.39, 0.29) is 30.6 Å². The lowest BCUT2D eigenvalue weighted by atomic mass is 9.97. The zero-order chi connectivity index (χ0) is 11.2. The van der Waals surface area contributed by atoms with Gasteiger partial charge in [-0.15, -0.1) is 12.4 Å². The summed E-state index contributed by atoms with van der Waals surface area (Å²) in [6, 6.07) is 0.681. The number of hydrogen-bond donors (Lipinski definition) is 1. The first kappa shape index (κ1) is 13.6. The number of hydrogen-bond acceptors (Lipinski definition) is 3. The van der Waals surface area contributed by atoms with Gasteiger partial charge in [-0.05, 0) is 40.0 Å². The fraction of sp³-hybridized carbons (Fsp3) is 0.909. The summed E-state index contributed by atoms with van der Waals surface area (Å²) >= 11 is 0. The molecule has 2 aliphatic rings. The van der Waals surface area contributed by atoms with Gasteiger partial charge in [0.05, 0.1) is 6.04 Å². The highest BCUT2D eigenvalue weighted by Gasteiger charge is 2.48. The molecule has 4 nitrogen and oxygen atoms in total. The van der Waals surface area contributed by atoms with E-state index >= 15 is 0 Å². The third-order valence-corrected chi connectivity index (χ3v) is 3.19. The molecular formula is C11H21ClN2O2. The number of nitrogens with two attached hydrogens (primary N) is 1. The summed E-state index contributed by atoms with van der Waals surface area (Å²) in [5.74, 6) is 0. The molecule has 0 aromatic carbocycles. The van der Waals surface area contributed by atoms with Crippen LogP contribution < -0.4 is 5.73 Å². The Morgan fingerprint density at radius 3 is 2.38 bits per heavy atom. The van der Waals surface area contributed by atoms with Gasteiger partial charge in [-0.1, -0.05) is 0 Å². The van der Waals surface area contributed by atoms with E-state index in [9.17, 15) is 4.79 Å². The standard InChI is InChI=1S/C11H20N2O2.ClH/c1-11(2,3)15-10(14)13-7-4-5-9(13)8(12)6-7;/h7-9H,4-6,12H2,1-3H3;1H/t7-,8-,9+;/m1./s1. The van der Waals surface area contributed by atoms with Gasteiger partial charge in [-0.2, -0.15) is 0 Å². The second kappa shape index (κ2) is 4.41. The largest absolute Gasteiger partial charge is 0.444 e. The molecule has 3 atom stereocenters. The molecule has 0 radical (unpaired) electrons. The third kappa shape index (κ3) is 2.43. The SMILES string of the molecule is CC(C)(C)OC(=O)N1[C@@H]2CC[C@H]1[C@H](N)C2.Cl. The molecular weight excluding hydrogens is 228 g/mol. The van der Waals surface area contributed by atoms with Crippen molar-refractivity contribution in [2.24, 2.45) is 5.73 Å². The lowest BCUT2D eigenvalue weighted by molar-refractivity contribution is 0.0213. The minimum absolute atomic E-state index is 0. The van der Waals surface area contributed by atoms with Crippen LogP contribution in [0.3, 0.4) is 0 Å². The maximum absolute atomic E-state index is 11.9. The number of rotatable bonds is 0. The summed E-state index contributed by atoms with van der Waals surface area (Å²) in [6.07, 6.45) is 2.86. The minimum Gasteiger partial charge on any atom is -0.444 e. The van der Waals surface area contributed by atoms with E-state index in [0.29, 0.717) is 6.04 Å². The molecule has 2 aliphatic heterocycles. The van der Waals surface area contributed by atoms with E-state index in [2.05, 4.69) is 0 Å². The summed E-state index contributed by atoms with van der Waals surface area (Å²) in [5, 5.41) is 0. The Morgan fingerprint density at radius 2 is 2.00 bits per heavy atom. The van der Waals surface area contributed by atoms with Gasteiger partial charge in [0.15, 0.2) is 0 Å². The summed E-state index contributed by atoms with van der Waals surface area (Å²) in [7, 11) is 0. The highest BCUT2D eigenvalue weighted by molar-refractivity contribution is 5.85. The number of amides is 1. The molecule has 94 valence electrons. The molecule has 0 aromatic rings. The van der Waals surface area contributed by atoms with Crippen LogP contribution in [-0.2, 0) is 4.74 Å². The smallest absolute Gasteiger partial charge is 0.410 e. The van der Waals surface area contributed by atoms with Crippen molar-refractivity contribution in [1.82, 2.24) is 4.90 Å². The average Bonchev–Trinajstić information content (AvgIpc) is 2.55. The van der Waals surface area contributed by atoms with Crippen LogP contribution in [0.4, 0.5) is 4.79 Å². The molecule has 2 N–H and O–H groups in total. The highest BCUT2D eigenvalue weighted by Crippen LogP contribution is 2.37. The molecule has 16 heavy (non-hydrogen) atoms. The number of carbonyl (C=O) groups is 1. The lowest BCUT2D eigenvalue weighted by Crippen LogP contribution is -2.43. The van der Waals surface area contributed by atoms with Crippen molar-refractivity contribution in [2.45, 2.75) is 63.8 Å². The number of fused-ring (bicyclic) bond motifs is 2. The zero-order valence-corrected chi connectivity index (χ0v) is 10.9. The molecule has 1 amide bonds. The Hall–Kier alpha value is -0.480. The molecule has 0 aromatic heterocycles. The third-order valence-electron chi connectivity index (χ3n) is 3.19. The predicted octanol–water partition coefficient (Wildman–Crippen LogP) is 1.91. The summed E-state index contributed by atoms with van der Waals surface area (Å²) < 4.78 is 5.38. The van der Waals surface area contributed by atoms with Crippen LogP contribution in [0.2, 0.25) is 0 Å². The summed E-state index contributed by atoms with van der Waals surface area (Å²) in [5.41, 5.74) is 5.55. The first-order valence-corrected chi connectivity index (χ1v) is 5.65. The van der Waals surface area contributed by atoms with Crippen LogP contribution in [0.25, 0.3) is 0 Å². The number of halogens is 1. The molecule has 2 saturated heterocycles. The van der Waals surface area contributed by atoms with E-state index in [1.165, 1.54) is 0 Å². The maximum Gasteiger partial charge on any atom is 0.410 e. The molecule has 2 bridgehead atoms. The van der Waals surface area contributed by atoms with Crippen molar-refractivity contribution in [3.8, 4) is 0 Å². The first-order valence-electron chi connectivity index (χ1n) is 5.65. The summed E-state index contributed by atoms with van der Waals surface area (Å²) in [6.45, 7) is 5.68. The van der Waals surface area contributed by atoms with Gasteiger partial charge in [-0.25, -0.2) is 4.79 Å². The Bertz CT molecular complexity index is 278. The Balaban J connectivity index is 0.00000128. The van der Waals surface area contributed by atoms with Crippen molar-refractivity contribution in [3.05, 3.63) is 0 Å². The van der Waals surface area contributed by atoms with Crippen LogP contribution in [-0.4, -0.2) is 34.7 Å². The number of carbonyl (C=O) groups excluding carboxylic acids is 1. The Labute approximate surface area is 103 Å². The Kier molecular flexibility index (Phi) is 3.75. The van der Waals surface area contributed by atoms with Gasteiger partial charge in [0.25, 0.3) is 0 Å². The molecule has 0 spiro atoms. The molecule has 2 heterocycles. The van der Waals surface area contributed by atoms with Crippen molar-refractivity contribution in [2.75, 3.05) is 0 Å². The number of ether oxygens (including phenoxy) is 1. The van der Waals surface area contributed by atoms with Gasteiger partial charge < -0.3 is 15.4 Å². The van der Waals surface area contributed by atoms with Crippen LogP contribution in [0.15, 0.2) is 0 Å². The normalized spacial score (nSPS) is 32.5. The minimum atomic E-state index is -0.413. The van der Waals surface area contributed by atoms with Gasteiger partial charge in [0.2, 0.25) is 0 Å². The molecule has 5 heteroatoms. The van der Waals surface area contributed by atoms with Gasteiger partial charge in [0, 0.05) is 12.1 Å². The molecule has 2 rings (SSSR count). The quantitative estimate of drug-likeness (QED) is 0.713. The topological polar surface area (TPSA) is 55.6 Å². The van der Waals surface area contributed by atoms with Crippen molar-refractivity contribution >= 4 is 18.5 Å². The van der Waals surface area contributed by atoms with E-state index in [1.807, 2.05) is 25.7 Å². The van der Waals surface area contributed by atoms with Crippen molar-refractivity contribution < 1.29 is 9.53 Å². The van der Waals surface area contributed by atoms with Crippen molar-refractivity contribution in [1.29, 1.82) is 0 Å². The maximum atomic E-state index is 11.9. The highest BCUT2D eigenvalue weighted by atomic mass is 35.5. The van der Waals surface area contributed by atoms with Crippen LogP contribution in [0.1, 0.15) is 40.0 Å². The van der Waals surface area contributed by atoms with Gasteiger partial charge >= 0.3 is 6.09 Å². The number of nitrogens with zero attached hydrogens (tertiary/aromatic N) is 1. The van der Waals surface area contributed by atoms with Gasteiger partial charge in [-0.3, -0.25) is 0 Å². The van der Waals surface area contributed by atoms with E-state index in [1.54, 1.807) is 0 Å². The fourth-order valence-corrected chi connectivity index (χ4v) is 2.63. The van der Waals surface area contributed by atoms with E-state index < -0.39 is 5.60 Å².